The molecule has 0 spiro atoms. The fourth-order valence-corrected chi connectivity index (χ4v) is 4.51. The summed E-state index contributed by atoms with van der Waals surface area (Å²) in [5.41, 5.74) is -1.11. The summed E-state index contributed by atoms with van der Waals surface area (Å²) in [4.78, 5) is 42.0. The number of hydrogen-bond acceptors (Lipinski definition) is 4. The molecule has 1 aromatic carbocycles. The van der Waals surface area contributed by atoms with Crippen molar-refractivity contribution in [2.45, 2.75) is 44.4 Å². The molecule has 7 nitrogen and oxygen atoms in total. The van der Waals surface area contributed by atoms with Crippen molar-refractivity contribution >= 4 is 30.2 Å². The number of carboxylic acids is 1. The van der Waals surface area contributed by atoms with Gasteiger partial charge in [-0.25, -0.2) is 4.79 Å². The molecule has 2 amide bonds. The van der Waals surface area contributed by atoms with E-state index in [0.29, 0.717) is 6.54 Å². The van der Waals surface area contributed by atoms with Crippen LogP contribution in [-0.4, -0.2) is 82.4 Å². The van der Waals surface area contributed by atoms with E-state index in [1.807, 2.05) is 0 Å². The van der Waals surface area contributed by atoms with E-state index in [-0.39, 0.29) is 37.0 Å². The lowest BCUT2D eigenvalue weighted by Gasteiger charge is -2.46. The van der Waals surface area contributed by atoms with Crippen molar-refractivity contribution in [1.82, 2.24) is 14.7 Å². The van der Waals surface area contributed by atoms with Gasteiger partial charge in [0.2, 0.25) is 11.8 Å². The highest BCUT2D eigenvalue weighted by Crippen LogP contribution is 2.32. The van der Waals surface area contributed by atoms with Gasteiger partial charge >= 0.3 is 12.1 Å². The lowest BCUT2D eigenvalue weighted by Crippen LogP contribution is -2.67. The zero-order valence-corrected chi connectivity index (χ0v) is 18.5. The van der Waals surface area contributed by atoms with Gasteiger partial charge in [0.1, 0.15) is 0 Å². The summed E-state index contributed by atoms with van der Waals surface area (Å²) in [5, 5.41) is 9.92. The molecule has 2 atom stereocenters. The maximum absolute atomic E-state index is 13.3. The predicted molar refractivity (Wildman–Crippen MR) is 112 cm³/mol. The van der Waals surface area contributed by atoms with Crippen LogP contribution in [0.1, 0.15) is 30.9 Å². The topological polar surface area (TPSA) is 81.2 Å². The quantitative estimate of drug-likeness (QED) is 0.703. The molecule has 0 saturated carbocycles. The Morgan fingerprint density at radius 1 is 1.03 bits per heavy atom. The van der Waals surface area contributed by atoms with Crippen molar-refractivity contribution in [3.8, 4) is 0 Å². The number of hydrogen-bond donors (Lipinski definition) is 1. The number of benzene rings is 1. The Labute approximate surface area is 190 Å². The van der Waals surface area contributed by atoms with Gasteiger partial charge in [-0.2, -0.15) is 13.2 Å². The molecule has 0 bridgehead atoms. The minimum atomic E-state index is -4.62. The van der Waals surface area contributed by atoms with E-state index < -0.39 is 42.1 Å². The third-order valence-electron chi connectivity index (χ3n) is 5.97. The summed E-state index contributed by atoms with van der Waals surface area (Å²) in [6.07, 6.45) is -3.23. The third-order valence-corrected chi connectivity index (χ3v) is 5.97. The first-order valence-electron chi connectivity index (χ1n) is 10.3. The van der Waals surface area contributed by atoms with Crippen LogP contribution < -0.4 is 0 Å². The molecule has 0 aliphatic carbocycles. The van der Waals surface area contributed by atoms with E-state index in [0.717, 1.165) is 36.9 Å². The molecule has 2 aliphatic rings. The average molecular weight is 478 g/mol. The molecule has 2 aliphatic heterocycles. The fraction of sp³-hybridized carbons (Fsp3) is 0.571. The molecular formula is C21H27ClF3N3O4. The van der Waals surface area contributed by atoms with Crippen molar-refractivity contribution in [2.75, 3.05) is 32.7 Å². The van der Waals surface area contributed by atoms with E-state index >= 15 is 0 Å². The molecule has 1 N–H and O–H groups in total. The standard InChI is InChI=1S/C21H26F3N3O4.ClH/c1-14(28)26-10-11-27(19(20(30)31)17(26)13-25-8-4-5-9-25)18(29)12-15-6-2-3-7-16(15)21(22,23)24;/h2-3,6-7,17,19H,4-5,8-13H2,1H3,(H,30,31);1H. The van der Waals surface area contributed by atoms with Crippen LogP contribution in [0.2, 0.25) is 0 Å². The highest BCUT2D eigenvalue weighted by Gasteiger charge is 2.45. The van der Waals surface area contributed by atoms with Crippen LogP contribution in [0.5, 0.6) is 0 Å². The number of alkyl halides is 3. The zero-order chi connectivity index (χ0) is 22.8. The fourth-order valence-electron chi connectivity index (χ4n) is 4.51. The molecule has 3 rings (SSSR count). The van der Waals surface area contributed by atoms with Crippen LogP contribution in [0.3, 0.4) is 0 Å². The zero-order valence-electron chi connectivity index (χ0n) is 17.7. The van der Waals surface area contributed by atoms with Crippen molar-refractivity contribution < 1.29 is 32.7 Å². The van der Waals surface area contributed by atoms with E-state index in [4.69, 9.17) is 0 Å². The van der Waals surface area contributed by atoms with Crippen molar-refractivity contribution in [3.63, 3.8) is 0 Å². The molecule has 11 heteroatoms. The SMILES string of the molecule is CC(=O)N1CCN(C(=O)Cc2ccccc2C(F)(F)F)C(C(=O)O)C1CN1CCCC1.Cl. The van der Waals surface area contributed by atoms with Gasteiger partial charge in [-0.15, -0.1) is 12.4 Å². The predicted octanol–water partition coefficient (Wildman–Crippen LogP) is 2.28. The molecule has 2 saturated heterocycles. The number of rotatable bonds is 5. The molecule has 2 fully saturated rings. The minimum Gasteiger partial charge on any atom is -0.480 e. The number of carboxylic acid groups (broad SMARTS) is 1. The van der Waals surface area contributed by atoms with Gasteiger partial charge in [0, 0.05) is 26.6 Å². The normalized spacial score (nSPS) is 21.9. The van der Waals surface area contributed by atoms with Crippen LogP contribution in [-0.2, 0) is 27.0 Å². The highest BCUT2D eigenvalue weighted by molar-refractivity contribution is 5.87. The van der Waals surface area contributed by atoms with E-state index in [1.165, 1.54) is 30.0 Å². The second-order valence-corrected chi connectivity index (χ2v) is 7.99. The average Bonchev–Trinajstić information content (AvgIpc) is 3.19. The van der Waals surface area contributed by atoms with Crippen molar-refractivity contribution in [3.05, 3.63) is 35.4 Å². The van der Waals surface area contributed by atoms with Gasteiger partial charge in [0.25, 0.3) is 0 Å². The summed E-state index contributed by atoms with van der Waals surface area (Å²) < 4.78 is 39.9. The maximum Gasteiger partial charge on any atom is 0.416 e. The Balaban J connectivity index is 0.00000363. The Morgan fingerprint density at radius 2 is 1.62 bits per heavy atom. The Hall–Kier alpha value is -2.33. The molecule has 32 heavy (non-hydrogen) atoms. The third kappa shape index (κ3) is 5.72. The summed E-state index contributed by atoms with van der Waals surface area (Å²) in [5.74, 6) is -2.25. The summed E-state index contributed by atoms with van der Waals surface area (Å²) in [6.45, 7) is 3.32. The number of halogens is 4. The van der Waals surface area contributed by atoms with Crippen LogP contribution >= 0.6 is 12.4 Å². The summed E-state index contributed by atoms with van der Waals surface area (Å²) >= 11 is 0. The Bertz CT molecular complexity index is 846. The monoisotopic (exact) mass is 477 g/mol. The second kappa shape index (κ2) is 10.5. The first-order valence-corrected chi connectivity index (χ1v) is 10.3. The van der Waals surface area contributed by atoms with Crippen LogP contribution in [0.4, 0.5) is 13.2 Å². The number of amides is 2. The molecule has 2 unspecified atom stereocenters. The molecule has 178 valence electrons. The van der Waals surface area contributed by atoms with Crippen LogP contribution in [0.25, 0.3) is 0 Å². The molecule has 2 heterocycles. The molecular weight excluding hydrogens is 451 g/mol. The van der Waals surface area contributed by atoms with Gasteiger partial charge < -0.3 is 19.8 Å². The van der Waals surface area contributed by atoms with E-state index in [1.54, 1.807) is 0 Å². The second-order valence-electron chi connectivity index (χ2n) is 7.99. The summed E-state index contributed by atoms with van der Waals surface area (Å²) in [6, 6.07) is 2.71. The lowest BCUT2D eigenvalue weighted by atomic mass is 9.97. The van der Waals surface area contributed by atoms with E-state index in [2.05, 4.69) is 4.90 Å². The first-order chi connectivity index (χ1) is 14.6. The van der Waals surface area contributed by atoms with Crippen molar-refractivity contribution in [2.24, 2.45) is 0 Å². The van der Waals surface area contributed by atoms with Gasteiger partial charge in [0.05, 0.1) is 18.0 Å². The van der Waals surface area contributed by atoms with Crippen LogP contribution in [0, 0.1) is 0 Å². The van der Waals surface area contributed by atoms with Gasteiger partial charge in [-0.1, -0.05) is 18.2 Å². The van der Waals surface area contributed by atoms with Gasteiger partial charge in [-0.3, -0.25) is 9.59 Å². The van der Waals surface area contributed by atoms with Gasteiger partial charge in [0.15, 0.2) is 6.04 Å². The Morgan fingerprint density at radius 3 is 2.19 bits per heavy atom. The molecule has 0 aromatic heterocycles. The largest absolute Gasteiger partial charge is 0.480 e. The number of carbonyl (C=O) groups is 3. The van der Waals surface area contributed by atoms with Gasteiger partial charge in [-0.05, 0) is 37.6 Å². The summed E-state index contributed by atoms with van der Waals surface area (Å²) in [7, 11) is 0. The number of nitrogens with zero attached hydrogens (tertiary/aromatic N) is 3. The number of aliphatic carboxylic acids is 1. The molecule has 1 aromatic rings. The number of carbonyl (C=O) groups excluding carboxylic acids is 2. The smallest absolute Gasteiger partial charge is 0.416 e. The first kappa shape index (κ1) is 25.9. The number of likely N-dealkylation sites (tertiary alicyclic amines) is 1. The van der Waals surface area contributed by atoms with Crippen LogP contribution in [0.15, 0.2) is 24.3 Å². The lowest BCUT2D eigenvalue weighted by molar-refractivity contribution is -0.161. The van der Waals surface area contributed by atoms with Crippen molar-refractivity contribution in [1.29, 1.82) is 0 Å². The Kier molecular flexibility index (Phi) is 8.53. The van der Waals surface area contributed by atoms with E-state index in [9.17, 15) is 32.7 Å². The minimum absolute atomic E-state index is 0. The number of piperazine rings is 1. The molecule has 0 radical (unpaired) electrons. The maximum atomic E-state index is 13.3. The highest BCUT2D eigenvalue weighted by atomic mass is 35.5.